The van der Waals surface area contributed by atoms with Gasteiger partial charge >= 0.3 is 11.9 Å². The van der Waals surface area contributed by atoms with Crippen LogP contribution < -0.4 is 5.32 Å². The van der Waals surface area contributed by atoms with E-state index in [4.69, 9.17) is 4.74 Å². The van der Waals surface area contributed by atoms with Crippen molar-refractivity contribution in [3.05, 3.63) is 51.4 Å². The predicted octanol–water partition coefficient (Wildman–Crippen LogP) is 3.97. The van der Waals surface area contributed by atoms with Gasteiger partial charge < -0.3 is 14.8 Å². The van der Waals surface area contributed by atoms with Crippen molar-refractivity contribution in [3.8, 4) is 0 Å². The fourth-order valence-electron chi connectivity index (χ4n) is 3.04. The monoisotopic (exact) mass is 401 g/mol. The summed E-state index contributed by atoms with van der Waals surface area (Å²) in [6.07, 6.45) is 2.75. The van der Waals surface area contributed by atoms with Gasteiger partial charge in [-0.3, -0.25) is 4.79 Å². The molecular formula is C21H23NO5S. The topological polar surface area (TPSA) is 81.7 Å². The van der Waals surface area contributed by atoms with Gasteiger partial charge in [0.05, 0.1) is 18.2 Å². The second kappa shape index (κ2) is 8.56. The summed E-state index contributed by atoms with van der Waals surface area (Å²) in [6, 6.07) is 6.70. The molecule has 7 heteroatoms. The van der Waals surface area contributed by atoms with Crippen LogP contribution in [-0.4, -0.2) is 25.0 Å². The first-order valence-electron chi connectivity index (χ1n) is 9.20. The maximum atomic E-state index is 12.8. The highest BCUT2D eigenvalue weighted by Gasteiger charge is 2.28. The summed E-state index contributed by atoms with van der Waals surface area (Å²) >= 11 is 1.47. The average Bonchev–Trinajstić information content (AvgIpc) is 3.26. The number of anilines is 1. The molecular weight excluding hydrogens is 378 g/mol. The molecule has 1 heterocycles. The number of carbonyl (C=O) groups is 3. The number of methoxy groups -OCH3 is 1. The fraction of sp³-hybridized carbons (Fsp3) is 0.381. The normalized spacial score (nSPS) is 12.6. The highest BCUT2D eigenvalue weighted by atomic mass is 32.1. The Bertz CT molecular complexity index is 898. The lowest BCUT2D eigenvalue weighted by molar-refractivity contribution is -0.118. The lowest BCUT2D eigenvalue weighted by atomic mass is 10.1. The van der Waals surface area contributed by atoms with Crippen molar-refractivity contribution in [2.75, 3.05) is 12.4 Å². The fourth-order valence-corrected chi connectivity index (χ4v) is 4.32. The first-order chi connectivity index (χ1) is 13.4. The summed E-state index contributed by atoms with van der Waals surface area (Å²) in [6.45, 7) is 3.71. The summed E-state index contributed by atoms with van der Waals surface area (Å²) in [4.78, 5) is 37.5. The van der Waals surface area contributed by atoms with Gasteiger partial charge in [0.2, 0.25) is 5.91 Å². The van der Waals surface area contributed by atoms with Crippen molar-refractivity contribution in [2.45, 2.75) is 39.7 Å². The van der Waals surface area contributed by atoms with Crippen molar-refractivity contribution in [1.29, 1.82) is 0 Å². The van der Waals surface area contributed by atoms with E-state index in [9.17, 15) is 14.4 Å². The van der Waals surface area contributed by atoms with E-state index < -0.39 is 11.9 Å². The largest absolute Gasteiger partial charge is 0.465 e. The van der Waals surface area contributed by atoms with Crippen LogP contribution in [0.1, 0.15) is 57.0 Å². The minimum atomic E-state index is -0.435. The molecule has 0 bridgehead atoms. The van der Waals surface area contributed by atoms with E-state index in [1.54, 1.807) is 24.3 Å². The average molecular weight is 401 g/mol. The minimum Gasteiger partial charge on any atom is -0.465 e. The smallest absolute Gasteiger partial charge is 0.341 e. The number of hydrogen-bond donors (Lipinski definition) is 1. The van der Waals surface area contributed by atoms with Gasteiger partial charge in [0, 0.05) is 10.8 Å². The molecule has 0 saturated heterocycles. The zero-order valence-corrected chi connectivity index (χ0v) is 17.0. The molecule has 28 heavy (non-hydrogen) atoms. The number of esters is 2. The molecule has 1 N–H and O–H groups in total. The molecule has 1 aliphatic carbocycles. The first kappa shape index (κ1) is 20.1. The van der Waals surface area contributed by atoms with Crippen LogP contribution in [0.15, 0.2) is 24.3 Å². The number of amides is 1. The lowest BCUT2D eigenvalue weighted by Crippen LogP contribution is -2.19. The summed E-state index contributed by atoms with van der Waals surface area (Å²) < 4.78 is 10.2. The van der Waals surface area contributed by atoms with E-state index in [1.807, 2.05) is 13.8 Å². The zero-order chi connectivity index (χ0) is 20.3. The molecule has 1 aliphatic rings. The second-order valence-electron chi connectivity index (χ2n) is 6.97. The van der Waals surface area contributed by atoms with Gasteiger partial charge in [-0.1, -0.05) is 26.0 Å². The standard InChI is InChI=1S/C21H23NO5S/c1-12(2)18(23)22-19-17(15-5-4-6-16(15)28-19)21(25)27-11-13-7-9-14(10-8-13)20(24)26-3/h7-10,12H,4-6,11H2,1-3H3,(H,22,23). The van der Waals surface area contributed by atoms with Crippen LogP contribution >= 0.6 is 11.3 Å². The lowest BCUT2D eigenvalue weighted by Gasteiger charge is -2.10. The number of carbonyl (C=O) groups excluding carboxylic acids is 3. The number of fused-ring (bicyclic) bond motifs is 1. The molecule has 0 fully saturated rings. The Morgan fingerprint density at radius 1 is 1.11 bits per heavy atom. The van der Waals surface area contributed by atoms with E-state index in [2.05, 4.69) is 10.1 Å². The third-order valence-electron chi connectivity index (χ3n) is 4.63. The molecule has 1 aromatic heterocycles. The van der Waals surface area contributed by atoms with Crippen LogP contribution in [0, 0.1) is 5.92 Å². The Hall–Kier alpha value is -2.67. The highest BCUT2D eigenvalue weighted by molar-refractivity contribution is 7.17. The zero-order valence-electron chi connectivity index (χ0n) is 16.2. The molecule has 0 saturated carbocycles. The van der Waals surface area contributed by atoms with E-state index in [1.165, 1.54) is 18.4 Å². The summed E-state index contributed by atoms with van der Waals surface area (Å²) in [7, 11) is 1.33. The quantitative estimate of drug-likeness (QED) is 0.741. The molecule has 0 spiro atoms. The summed E-state index contributed by atoms with van der Waals surface area (Å²) in [5, 5.41) is 3.45. The van der Waals surface area contributed by atoms with E-state index in [-0.39, 0.29) is 18.4 Å². The SMILES string of the molecule is COC(=O)c1ccc(COC(=O)c2c(NC(=O)C(C)C)sc3c2CCC3)cc1. The van der Waals surface area contributed by atoms with Gasteiger partial charge in [0.25, 0.3) is 0 Å². The molecule has 1 amide bonds. The van der Waals surface area contributed by atoms with Gasteiger partial charge in [-0.15, -0.1) is 11.3 Å². The van der Waals surface area contributed by atoms with E-state index >= 15 is 0 Å². The third-order valence-corrected chi connectivity index (χ3v) is 5.84. The van der Waals surface area contributed by atoms with Gasteiger partial charge in [-0.05, 0) is 42.5 Å². The molecule has 2 aromatic rings. The number of nitrogens with one attached hydrogen (secondary N) is 1. The highest BCUT2D eigenvalue weighted by Crippen LogP contribution is 2.39. The van der Waals surface area contributed by atoms with Gasteiger partial charge in [0.1, 0.15) is 11.6 Å². The molecule has 1 aromatic carbocycles. The van der Waals surface area contributed by atoms with Crippen molar-refractivity contribution in [3.63, 3.8) is 0 Å². The maximum Gasteiger partial charge on any atom is 0.341 e. The van der Waals surface area contributed by atoms with Gasteiger partial charge in [-0.25, -0.2) is 9.59 Å². The van der Waals surface area contributed by atoms with Crippen molar-refractivity contribution in [2.24, 2.45) is 5.92 Å². The number of aryl methyl sites for hydroxylation is 1. The number of hydrogen-bond acceptors (Lipinski definition) is 6. The predicted molar refractivity (Wildman–Crippen MR) is 107 cm³/mol. The first-order valence-corrected chi connectivity index (χ1v) is 10.0. The molecule has 0 unspecified atom stereocenters. The Kier molecular flexibility index (Phi) is 6.14. The van der Waals surface area contributed by atoms with Crippen molar-refractivity contribution < 1.29 is 23.9 Å². The maximum absolute atomic E-state index is 12.8. The number of benzene rings is 1. The minimum absolute atomic E-state index is 0.0858. The Morgan fingerprint density at radius 2 is 1.82 bits per heavy atom. The Morgan fingerprint density at radius 3 is 2.46 bits per heavy atom. The number of rotatable bonds is 6. The van der Waals surface area contributed by atoms with Crippen LogP contribution in [0.2, 0.25) is 0 Å². The molecule has 0 radical (unpaired) electrons. The molecule has 6 nitrogen and oxygen atoms in total. The molecule has 0 atom stereocenters. The molecule has 148 valence electrons. The van der Waals surface area contributed by atoms with E-state index in [0.29, 0.717) is 16.1 Å². The van der Waals surface area contributed by atoms with Crippen molar-refractivity contribution in [1.82, 2.24) is 0 Å². The Labute approximate surface area is 167 Å². The second-order valence-corrected chi connectivity index (χ2v) is 8.08. The van der Waals surface area contributed by atoms with E-state index in [0.717, 1.165) is 35.3 Å². The summed E-state index contributed by atoms with van der Waals surface area (Å²) in [5.41, 5.74) is 2.68. The number of thiophene rings is 1. The van der Waals surface area contributed by atoms with Crippen LogP contribution in [-0.2, 0) is 33.7 Å². The van der Waals surface area contributed by atoms with Crippen LogP contribution in [0.4, 0.5) is 5.00 Å². The summed E-state index contributed by atoms with van der Waals surface area (Å²) in [5.74, 6) is -1.14. The van der Waals surface area contributed by atoms with Crippen LogP contribution in [0.25, 0.3) is 0 Å². The molecule has 3 rings (SSSR count). The van der Waals surface area contributed by atoms with Crippen molar-refractivity contribution >= 4 is 34.2 Å². The third kappa shape index (κ3) is 4.25. The van der Waals surface area contributed by atoms with Crippen LogP contribution in [0.5, 0.6) is 0 Å². The number of ether oxygens (including phenoxy) is 2. The van der Waals surface area contributed by atoms with Gasteiger partial charge in [0.15, 0.2) is 0 Å². The molecule has 0 aliphatic heterocycles. The van der Waals surface area contributed by atoms with Gasteiger partial charge in [-0.2, -0.15) is 0 Å². The Balaban J connectivity index is 1.73. The van der Waals surface area contributed by atoms with Crippen LogP contribution in [0.3, 0.4) is 0 Å².